The van der Waals surface area contributed by atoms with Crippen molar-refractivity contribution in [1.82, 2.24) is 20.2 Å². The Kier molecular flexibility index (Phi) is 3.00. The minimum atomic E-state index is 0.535. The fourth-order valence-electron chi connectivity index (χ4n) is 2.45. The van der Waals surface area contributed by atoms with Crippen LogP contribution >= 0.6 is 0 Å². The molecule has 1 aliphatic rings. The Morgan fingerprint density at radius 2 is 2.17 bits per heavy atom. The summed E-state index contributed by atoms with van der Waals surface area (Å²) >= 11 is 0. The van der Waals surface area contributed by atoms with E-state index in [1.165, 1.54) is 25.7 Å². The molecule has 0 amide bonds. The third-order valence-electron chi connectivity index (χ3n) is 3.34. The van der Waals surface area contributed by atoms with Crippen molar-refractivity contribution in [2.24, 2.45) is 0 Å². The van der Waals surface area contributed by atoms with Gasteiger partial charge in [0.25, 0.3) is 0 Å². The van der Waals surface area contributed by atoms with Gasteiger partial charge in [-0.05, 0) is 19.8 Å². The first-order valence-electron chi connectivity index (χ1n) is 6.58. The molecule has 0 bridgehead atoms. The molecular weight excluding hydrogens is 228 g/mol. The Morgan fingerprint density at radius 1 is 1.33 bits per heavy atom. The number of anilines is 2. The molecule has 96 valence electrons. The number of hydrogen-bond acceptors (Lipinski definition) is 5. The van der Waals surface area contributed by atoms with Gasteiger partial charge in [0, 0.05) is 12.6 Å². The second-order valence-electron chi connectivity index (χ2n) is 4.68. The van der Waals surface area contributed by atoms with Gasteiger partial charge in [-0.2, -0.15) is 15.1 Å². The third-order valence-corrected chi connectivity index (χ3v) is 3.34. The summed E-state index contributed by atoms with van der Waals surface area (Å²) in [5.41, 5.74) is 0.779. The Balaban J connectivity index is 1.93. The quantitative estimate of drug-likeness (QED) is 0.770. The van der Waals surface area contributed by atoms with Crippen LogP contribution in [-0.4, -0.2) is 32.8 Å². The van der Waals surface area contributed by atoms with Gasteiger partial charge in [-0.3, -0.25) is 5.10 Å². The van der Waals surface area contributed by atoms with E-state index in [4.69, 9.17) is 0 Å². The predicted molar refractivity (Wildman–Crippen MR) is 71.7 cm³/mol. The molecule has 0 aliphatic heterocycles. The molecule has 1 fully saturated rings. The maximum absolute atomic E-state index is 4.53. The van der Waals surface area contributed by atoms with Crippen molar-refractivity contribution in [2.45, 2.75) is 38.6 Å². The lowest BCUT2D eigenvalue weighted by Crippen LogP contribution is -2.16. The van der Waals surface area contributed by atoms with Gasteiger partial charge in [0.15, 0.2) is 5.65 Å². The number of nitrogens with zero attached hydrogens (tertiary/aromatic N) is 3. The highest BCUT2D eigenvalue weighted by molar-refractivity contribution is 5.87. The molecule has 2 aromatic heterocycles. The zero-order valence-corrected chi connectivity index (χ0v) is 10.5. The lowest BCUT2D eigenvalue weighted by Gasteiger charge is -2.14. The zero-order chi connectivity index (χ0) is 12.4. The average molecular weight is 246 g/mol. The Morgan fingerprint density at radius 3 is 2.94 bits per heavy atom. The highest BCUT2D eigenvalue weighted by atomic mass is 15.2. The number of rotatable bonds is 4. The van der Waals surface area contributed by atoms with Gasteiger partial charge >= 0.3 is 0 Å². The second-order valence-corrected chi connectivity index (χ2v) is 4.68. The number of aromatic amines is 1. The maximum Gasteiger partial charge on any atom is 0.226 e. The van der Waals surface area contributed by atoms with Crippen molar-refractivity contribution in [3.8, 4) is 0 Å². The molecule has 18 heavy (non-hydrogen) atoms. The summed E-state index contributed by atoms with van der Waals surface area (Å²) < 4.78 is 0. The van der Waals surface area contributed by atoms with Gasteiger partial charge < -0.3 is 10.6 Å². The highest BCUT2D eigenvalue weighted by Crippen LogP contribution is 2.25. The summed E-state index contributed by atoms with van der Waals surface area (Å²) in [6, 6.07) is 0.535. The van der Waals surface area contributed by atoms with Crippen molar-refractivity contribution in [2.75, 3.05) is 17.2 Å². The van der Waals surface area contributed by atoms with E-state index in [2.05, 4.69) is 30.8 Å². The molecule has 0 aromatic carbocycles. The fourth-order valence-corrected chi connectivity index (χ4v) is 2.45. The molecule has 1 aliphatic carbocycles. The van der Waals surface area contributed by atoms with Crippen LogP contribution < -0.4 is 10.6 Å². The first-order valence-corrected chi connectivity index (χ1v) is 6.58. The van der Waals surface area contributed by atoms with Crippen molar-refractivity contribution in [3.05, 3.63) is 6.20 Å². The Hall–Kier alpha value is -1.85. The van der Waals surface area contributed by atoms with E-state index < -0.39 is 0 Å². The van der Waals surface area contributed by atoms with Gasteiger partial charge in [-0.25, -0.2) is 0 Å². The molecule has 3 rings (SSSR count). The van der Waals surface area contributed by atoms with Crippen LogP contribution in [0.3, 0.4) is 0 Å². The monoisotopic (exact) mass is 246 g/mol. The first kappa shape index (κ1) is 11.3. The molecule has 0 saturated heterocycles. The van der Waals surface area contributed by atoms with E-state index in [1.54, 1.807) is 6.20 Å². The summed E-state index contributed by atoms with van der Waals surface area (Å²) in [5, 5.41) is 14.6. The molecular formula is C12H18N6. The molecule has 0 unspecified atom stereocenters. The van der Waals surface area contributed by atoms with Gasteiger partial charge in [0.2, 0.25) is 5.95 Å². The van der Waals surface area contributed by atoms with Crippen LogP contribution in [0.2, 0.25) is 0 Å². The largest absolute Gasteiger partial charge is 0.367 e. The fraction of sp³-hybridized carbons (Fsp3) is 0.583. The van der Waals surface area contributed by atoms with Crippen LogP contribution in [-0.2, 0) is 0 Å². The molecule has 0 atom stereocenters. The molecule has 1 saturated carbocycles. The maximum atomic E-state index is 4.53. The number of H-pyrrole nitrogens is 1. The molecule has 6 nitrogen and oxygen atoms in total. The predicted octanol–water partition coefficient (Wildman–Crippen LogP) is 2.14. The van der Waals surface area contributed by atoms with Crippen LogP contribution in [0.5, 0.6) is 0 Å². The van der Waals surface area contributed by atoms with Crippen LogP contribution in [0.1, 0.15) is 32.6 Å². The molecule has 2 heterocycles. The van der Waals surface area contributed by atoms with Crippen LogP contribution in [0.25, 0.3) is 11.0 Å². The summed E-state index contributed by atoms with van der Waals surface area (Å²) in [5.74, 6) is 1.53. The second kappa shape index (κ2) is 4.80. The van der Waals surface area contributed by atoms with Crippen molar-refractivity contribution < 1.29 is 0 Å². The van der Waals surface area contributed by atoms with E-state index in [1.807, 2.05) is 6.92 Å². The van der Waals surface area contributed by atoms with Crippen LogP contribution in [0.15, 0.2) is 6.20 Å². The molecule has 0 radical (unpaired) electrons. The normalized spacial score (nSPS) is 16.3. The zero-order valence-electron chi connectivity index (χ0n) is 10.5. The van der Waals surface area contributed by atoms with E-state index in [9.17, 15) is 0 Å². The summed E-state index contributed by atoms with van der Waals surface area (Å²) in [6.07, 6.45) is 6.83. The van der Waals surface area contributed by atoms with E-state index in [0.29, 0.717) is 12.0 Å². The topological polar surface area (TPSA) is 78.5 Å². The molecule has 3 N–H and O–H groups in total. The van der Waals surface area contributed by atoms with Crippen LogP contribution in [0.4, 0.5) is 11.8 Å². The minimum absolute atomic E-state index is 0.535. The number of aromatic nitrogens is 4. The molecule has 0 spiro atoms. The third kappa shape index (κ3) is 2.10. The van der Waals surface area contributed by atoms with Crippen molar-refractivity contribution in [3.63, 3.8) is 0 Å². The Labute approximate surface area is 106 Å². The van der Waals surface area contributed by atoms with Crippen molar-refractivity contribution >= 4 is 22.8 Å². The SMILES string of the molecule is CCNc1nc(NC2CCCC2)c2cn[nH]c2n1. The Bertz CT molecular complexity index is 528. The van der Waals surface area contributed by atoms with Crippen LogP contribution in [0, 0.1) is 0 Å². The minimum Gasteiger partial charge on any atom is -0.367 e. The van der Waals surface area contributed by atoms with Gasteiger partial charge in [0.05, 0.1) is 11.6 Å². The smallest absolute Gasteiger partial charge is 0.226 e. The lowest BCUT2D eigenvalue weighted by atomic mass is 10.2. The standard InChI is InChI=1S/C12H18N6/c1-2-13-12-16-10(15-8-5-3-4-6-8)9-7-14-18-11(9)17-12/h7-8H,2-6H2,1H3,(H3,13,14,15,16,17,18). The number of hydrogen-bond donors (Lipinski definition) is 3. The number of fused-ring (bicyclic) bond motifs is 1. The van der Waals surface area contributed by atoms with E-state index >= 15 is 0 Å². The lowest BCUT2D eigenvalue weighted by molar-refractivity contribution is 0.751. The number of nitrogens with one attached hydrogen (secondary N) is 3. The first-order chi connectivity index (χ1) is 8.86. The average Bonchev–Trinajstić information content (AvgIpc) is 2.99. The van der Waals surface area contributed by atoms with E-state index in [-0.39, 0.29) is 0 Å². The highest BCUT2D eigenvalue weighted by Gasteiger charge is 2.17. The summed E-state index contributed by atoms with van der Waals surface area (Å²) in [4.78, 5) is 8.91. The molecule has 6 heteroatoms. The van der Waals surface area contributed by atoms with Gasteiger partial charge in [-0.15, -0.1) is 0 Å². The summed E-state index contributed by atoms with van der Waals surface area (Å²) in [6.45, 7) is 2.84. The molecule has 2 aromatic rings. The van der Waals surface area contributed by atoms with Gasteiger partial charge in [0.1, 0.15) is 5.82 Å². The van der Waals surface area contributed by atoms with E-state index in [0.717, 1.165) is 23.4 Å². The summed E-state index contributed by atoms with van der Waals surface area (Å²) in [7, 11) is 0. The van der Waals surface area contributed by atoms with Gasteiger partial charge in [-0.1, -0.05) is 12.8 Å². The van der Waals surface area contributed by atoms with Crippen molar-refractivity contribution in [1.29, 1.82) is 0 Å².